The molecule has 0 radical (unpaired) electrons. The summed E-state index contributed by atoms with van der Waals surface area (Å²) in [6.07, 6.45) is 0.991. The summed E-state index contributed by atoms with van der Waals surface area (Å²) in [6, 6.07) is 1.81. The van der Waals surface area contributed by atoms with Crippen molar-refractivity contribution in [2.75, 3.05) is 20.3 Å². The number of fused-ring (bicyclic) bond motifs is 1. The van der Waals surface area contributed by atoms with Crippen molar-refractivity contribution in [1.82, 2.24) is 10.3 Å². The Hall–Kier alpha value is -0.950. The largest absolute Gasteiger partial charge is 0.383 e. The zero-order valence-electron chi connectivity index (χ0n) is 9.81. The van der Waals surface area contributed by atoms with E-state index < -0.39 is 0 Å². The minimum absolute atomic E-state index is 0.189. The summed E-state index contributed by atoms with van der Waals surface area (Å²) in [6.45, 7) is 2.03. The molecule has 1 aliphatic rings. The van der Waals surface area contributed by atoms with Crippen molar-refractivity contribution in [1.29, 1.82) is 0 Å². The molecule has 0 spiro atoms. The Labute approximate surface area is 105 Å². The van der Waals surface area contributed by atoms with Gasteiger partial charge in [-0.1, -0.05) is 0 Å². The minimum atomic E-state index is -0.307. The lowest BCUT2D eigenvalue weighted by molar-refractivity contribution is -0.128. The van der Waals surface area contributed by atoms with Crippen LogP contribution in [0.2, 0.25) is 0 Å². The van der Waals surface area contributed by atoms with Crippen molar-refractivity contribution < 1.29 is 9.53 Å². The number of methoxy groups -OCH3 is 1. The molecule has 0 saturated heterocycles. The third-order valence-electron chi connectivity index (χ3n) is 3.05. The molecule has 3 N–H and O–H groups in total. The molecule has 1 aromatic rings. The van der Waals surface area contributed by atoms with Crippen LogP contribution in [-0.4, -0.2) is 37.1 Å². The van der Waals surface area contributed by atoms with Gasteiger partial charge in [-0.2, -0.15) is 0 Å². The second kappa shape index (κ2) is 5.59. The average molecular weight is 255 g/mol. The first kappa shape index (κ1) is 12.5. The lowest BCUT2D eigenvalue weighted by Gasteiger charge is -2.32. The topological polar surface area (TPSA) is 67.6 Å². The first-order chi connectivity index (χ1) is 8.26. The zero-order chi connectivity index (χ0) is 12.3. The number of hydrogen-bond donors (Lipinski definition) is 2. The van der Waals surface area contributed by atoms with Gasteiger partial charge < -0.3 is 4.74 Å². The Morgan fingerprint density at radius 1 is 1.76 bits per heavy atom. The lowest BCUT2D eigenvalue weighted by atomic mass is 10.1. The van der Waals surface area contributed by atoms with Crippen LogP contribution in [0.3, 0.4) is 0 Å². The summed E-state index contributed by atoms with van der Waals surface area (Å²) >= 11 is 1.78. The minimum Gasteiger partial charge on any atom is -0.383 e. The second-order valence-electron chi connectivity index (χ2n) is 4.07. The Morgan fingerprint density at radius 3 is 3.29 bits per heavy atom. The highest BCUT2D eigenvalue weighted by Gasteiger charge is 2.28. The fraction of sp³-hybridized carbons (Fsp3) is 0.545. The molecule has 17 heavy (non-hydrogen) atoms. The van der Waals surface area contributed by atoms with Crippen molar-refractivity contribution in [3.8, 4) is 0 Å². The highest BCUT2D eigenvalue weighted by Crippen LogP contribution is 2.25. The van der Waals surface area contributed by atoms with Crippen molar-refractivity contribution in [2.24, 2.45) is 5.84 Å². The molecule has 94 valence electrons. The Morgan fingerprint density at radius 2 is 2.59 bits per heavy atom. The molecule has 6 heteroatoms. The van der Waals surface area contributed by atoms with Crippen LogP contribution in [0.4, 0.5) is 0 Å². The number of carbonyl (C=O) groups is 1. The Bertz CT molecular complexity index is 394. The molecule has 2 rings (SSSR count). The molecule has 0 bridgehead atoms. The van der Waals surface area contributed by atoms with Gasteiger partial charge in [0.25, 0.3) is 5.91 Å². The van der Waals surface area contributed by atoms with E-state index in [0.29, 0.717) is 6.61 Å². The molecular weight excluding hydrogens is 238 g/mol. The number of nitrogens with zero attached hydrogens (tertiary/aromatic N) is 1. The molecule has 1 atom stereocenters. The van der Waals surface area contributed by atoms with Crippen LogP contribution in [0.15, 0.2) is 11.4 Å². The smallest absolute Gasteiger partial charge is 0.253 e. The summed E-state index contributed by atoms with van der Waals surface area (Å²) in [5.74, 6) is 5.02. The highest BCUT2D eigenvalue weighted by atomic mass is 32.1. The zero-order valence-corrected chi connectivity index (χ0v) is 10.6. The third-order valence-corrected chi connectivity index (χ3v) is 4.07. The van der Waals surface area contributed by atoms with Gasteiger partial charge in [-0.3, -0.25) is 15.1 Å². The maximum absolute atomic E-state index is 11.7. The van der Waals surface area contributed by atoms with E-state index in [4.69, 9.17) is 10.6 Å². The predicted molar refractivity (Wildman–Crippen MR) is 66.4 cm³/mol. The fourth-order valence-corrected chi connectivity index (χ4v) is 3.03. The van der Waals surface area contributed by atoms with E-state index in [1.54, 1.807) is 18.4 Å². The first-order valence-corrected chi connectivity index (χ1v) is 6.43. The van der Waals surface area contributed by atoms with Crippen LogP contribution < -0.4 is 11.3 Å². The number of carbonyl (C=O) groups excluding carboxylic acids is 1. The quantitative estimate of drug-likeness (QED) is 0.455. The number of amides is 1. The van der Waals surface area contributed by atoms with Gasteiger partial charge in [0.1, 0.15) is 6.04 Å². The fourth-order valence-electron chi connectivity index (χ4n) is 2.14. The van der Waals surface area contributed by atoms with Gasteiger partial charge in [0.2, 0.25) is 0 Å². The standard InChI is InChI=1S/C11H17N3O2S/c1-16-7-9(11(15)13-12)14-4-2-10-8(6-14)3-5-17-10/h3,5,9H,2,4,6-7,12H2,1H3,(H,13,15). The van der Waals surface area contributed by atoms with Crippen LogP contribution in [0, 0.1) is 0 Å². The van der Waals surface area contributed by atoms with E-state index in [2.05, 4.69) is 21.8 Å². The first-order valence-electron chi connectivity index (χ1n) is 5.55. The summed E-state index contributed by atoms with van der Waals surface area (Å²) in [5.41, 5.74) is 3.52. The molecule has 0 aliphatic carbocycles. The molecule has 2 heterocycles. The Balaban J connectivity index is 2.08. The molecule has 5 nitrogen and oxygen atoms in total. The number of ether oxygens (including phenoxy) is 1. The summed E-state index contributed by atoms with van der Waals surface area (Å²) in [5, 5.41) is 2.10. The van der Waals surface area contributed by atoms with Gasteiger partial charge in [-0.25, -0.2) is 5.84 Å². The van der Waals surface area contributed by atoms with Crippen LogP contribution in [0.25, 0.3) is 0 Å². The van der Waals surface area contributed by atoms with Crippen LogP contribution in [0.1, 0.15) is 10.4 Å². The molecule has 0 saturated carbocycles. The number of rotatable bonds is 4. The molecule has 1 aliphatic heterocycles. The van der Waals surface area contributed by atoms with Crippen molar-refractivity contribution in [3.63, 3.8) is 0 Å². The van der Waals surface area contributed by atoms with Gasteiger partial charge in [-0.15, -0.1) is 11.3 Å². The van der Waals surface area contributed by atoms with Gasteiger partial charge in [-0.05, 0) is 23.4 Å². The van der Waals surface area contributed by atoms with E-state index in [-0.39, 0.29) is 11.9 Å². The number of nitrogens with two attached hydrogens (primary N) is 1. The normalized spacial score (nSPS) is 17.5. The molecular formula is C11H17N3O2S. The summed E-state index contributed by atoms with van der Waals surface area (Å²) in [4.78, 5) is 15.2. The van der Waals surface area contributed by atoms with Crippen LogP contribution in [-0.2, 0) is 22.5 Å². The van der Waals surface area contributed by atoms with Gasteiger partial charge in [0, 0.05) is 25.1 Å². The predicted octanol–water partition coefficient (Wildman–Crippen LogP) is 0.111. The second-order valence-corrected chi connectivity index (χ2v) is 5.07. The van der Waals surface area contributed by atoms with E-state index in [1.807, 2.05) is 0 Å². The van der Waals surface area contributed by atoms with Crippen LogP contribution in [0.5, 0.6) is 0 Å². The molecule has 0 fully saturated rings. The monoisotopic (exact) mass is 255 g/mol. The maximum atomic E-state index is 11.7. The summed E-state index contributed by atoms with van der Waals surface area (Å²) < 4.78 is 5.09. The maximum Gasteiger partial charge on any atom is 0.253 e. The summed E-state index contributed by atoms with van der Waals surface area (Å²) in [7, 11) is 1.59. The van der Waals surface area contributed by atoms with Crippen LogP contribution >= 0.6 is 11.3 Å². The van der Waals surface area contributed by atoms with E-state index >= 15 is 0 Å². The number of thiophene rings is 1. The van der Waals surface area contributed by atoms with Gasteiger partial charge in [0.15, 0.2) is 0 Å². The van der Waals surface area contributed by atoms with E-state index in [9.17, 15) is 4.79 Å². The van der Waals surface area contributed by atoms with Crippen molar-refractivity contribution in [2.45, 2.75) is 19.0 Å². The number of hydrazine groups is 1. The SMILES string of the molecule is COCC(C(=O)NN)N1CCc2sccc2C1. The highest BCUT2D eigenvalue weighted by molar-refractivity contribution is 7.10. The Kier molecular flexibility index (Phi) is 4.11. The molecule has 1 amide bonds. The average Bonchev–Trinajstić information content (AvgIpc) is 2.82. The molecule has 1 unspecified atom stereocenters. The lowest BCUT2D eigenvalue weighted by Crippen LogP contribution is -2.52. The number of hydrogen-bond acceptors (Lipinski definition) is 5. The molecule has 0 aromatic carbocycles. The van der Waals surface area contributed by atoms with Crippen molar-refractivity contribution >= 4 is 17.2 Å². The number of nitrogens with one attached hydrogen (secondary N) is 1. The van der Waals surface area contributed by atoms with E-state index in [1.165, 1.54) is 10.4 Å². The van der Waals surface area contributed by atoms with Gasteiger partial charge >= 0.3 is 0 Å². The molecule has 1 aromatic heterocycles. The van der Waals surface area contributed by atoms with E-state index in [0.717, 1.165) is 19.5 Å². The van der Waals surface area contributed by atoms with Crippen molar-refractivity contribution in [3.05, 3.63) is 21.9 Å². The third kappa shape index (κ3) is 2.66. The van der Waals surface area contributed by atoms with Gasteiger partial charge in [0.05, 0.1) is 6.61 Å².